The van der Waals surface area contributed by atoms with Crippen molar-refractivity contribution in [2.24, 2.45) is 10.9 Å². The maximum absolute atomic E-state index is 14.1. The fourth-order valence-electron chi connectivity index (χ4n) is 4.78. The van der Waals surface area contributed by atoms with Gasteiger partial charge in [-0.15, -0.1) is 0 Å². The highest BCUT2D eigenvalue weighted by atomic mass is 16.2. The van der Waals surface area contributed by atoms with Gasteiger partial charge in [-0.05, 0) is 32.1 Å². The van der Waals surface area contributed by atoms with Crippen molar-refractivity contribution in [1.29, 1.82) is 0 Å². The average molecular weight is 508 g/mol. The summed E-state index contributed by atoms with van der Waals surface area (Å²) in [6.45, 7) is 3.16. The summed E-state index contributed by atoms with van der Waals surface area (Å²) in [5.74, 6) is -1.83. The van der Waals surface area contributed by atoms with Crippen LogP contribution in [0, 0.1) is 12.8 Å². The van der Waals surface area contributed by atoms with E-state index in [0.717, 1.165) is 11.1 Å². The van der Waals surface area contributed by atoms with E-state index in [1.807, 2.05) is 86.6 Å². The van der Waals surface area contributed by atoms with Crippen LogP contribution in [0.4, 0.5) is 0 Å². The Morgan fingerprint density at radius 2 is 1.45 bits per heavy atom. The summed E-state index contributed by atoms with van der Waals surface area (Å²) in [6, 6.07) is 25.8. The minimum Gasteiger partial charge on any atom is -0.354 e. The fraction of sp³-hybridized carbons (Fsp3) is 0.250. The average Bonchev–Trinajstić information content (AvgIpc) is 2.93. The summed E-state index contributed by atoms with van der Waals surface area (Å²) in [5.41, 5.74) is 3.68. The highest BCUT2D eigenvalue weighted by Crippen LogP contribution is 2.41. The molecule has 0 radical (unpaired) electrons. The molecule has 194 valence electrons. The number of amides is 1. The van der Waals surface area contributed by atoms with E-state index in [9.17, 15) is 14.4 Å². The number of rotatable bonds is 10. The summed E-state index contributed by atoms with van der Waals surface area (Å²) < 4.78 is 0. The van der Waals surface area contributed by atoms with E-state index in [1.165, 1.54) is 0 Å². The molecule has 1 N–H and O–H groups in total. The molecule has 6 nitrogen and oxygen atoms in total. The van der Waals surface area contributed by atoms with Gasteiger partial charge in [-0.3, -0.25) is 19.4 Å². The van der Waals surface area contributed by atoms with E-state index in [1.54, 1.807) is 30.5 Å². The molecule has 1 aliphatic heterocycles. The Hall–Kier alpha value is -4.16. The number of ketones is 2. The Balaban J connectivity index is 1.83. The summed E-state index contributed by atoms with van der Waals surface area (Å²) >= 11 is 0. The van der Waals surface area contributed by atoms with Crippen molar-refractivity contribution in [2.75, 3.05) is 27.2 Å². The molecular weight excluding hydrogens is 474 g/mol. The van der Waals surface area contributed by atoms with Gasteiger partial charge in [-0.25, -0.2) is 0 Å². The molecule has 1 aliphatic rings. The Morgan fingerprint density at radius 3 is 2.08 bits per heavy atom. The third-order valence-electron chi connectivity index (χ3n) is 6.75. The van der Waals surface area contributed by atoms with Gasteiger partial charge in [0.1, 0.15) is 0 Å². The van der Waals surface area contributed by atoms with Gasteiger partial charge in [0, 0.05) is 41.9 Å². The number of hydrogen-bond donors (Lipinski definition) is 1. The summed E-state index contributed by atoms with van der Waals surface area (Å²) in [4.78, 5) is 47.5. The molecule has 38 heavy (non-hydrogen) atoms. The molecule has 2 atom stereocenters. The first kappa shape index (κ1) is 26.9. The number of allylic oxidation sites excluding steroid dienone is 1. The van der Waals surface area contributed by atoms with Gasteiger partial charge in [-0.1, -0.05) is 84.9 Å². The monoisotopic (exact) mass is 507 g/mol. The molecule has 2 unspecified atom stereocenters. The van der Waals surface area contributed by atoms with Crippen LogP contribution in [0.3, 0.4) is 0 Å². The molecule has 0 saturated carbocycles. The first-order valence-corrected chi connectivity index (χ1v) is 12.8. The molecular formula is C32H33N3O3. The van der Waals surface area contributed by atoms with Crippen LogP contribution in [0.25, 0.3) is 0 Å². The van der Waals surface area contributed by atoms with Crippen molar-refractivity contribution in [3.8, 4) is 0 Å². The smallest absolute Gasteiger partial charge is 0.226 e. The van der Waals surface area contributed by atoms with Gasteiger partial charge >= 0.3 is 0 Å². The van der Waals surface area contributed by atoms with Crippen LogP contribution in [0.15, 0.2) is 101 Å². The molecule has 4 rings (SSSR count). The summed E-state index contributed by atoms with van der Waals surface area (Å²) in [7, 11) is 3.88. The predicted molar refractivity (Wildman–Crippen MR) is 151 cm³/mol. The number of benzene rings is 3. The second kappa shape index (κ2) is 12.4. The van der Waals surface area contributed by atoms with Gasteiger partial charge in [0.2, 0.25) is 5.91 Å². The Kier molecular flexibility index (Phi) is 8.77. The van der Waals surface area contributed by atoms with Gasteiger partial charge in [0.05, 0.1) is 18.0 Å². The number of aryl methyl sites for hydroxylation is 1. The number of Topliss-reactive ketones (excluding diaryl/α,β-unsaturated/α-hetero) is 2. The predicted octanol–water partition coefficient (Wildman–Crippen LogP) is 4.87. The van der Waals surface area contributed by atoms with E-state index in [-0.39, 0.29) is 23.9 Å². The Bertz CT molecular complexity index is 1360. The van der Waals surface area contributed by atoms with Crippen molar-refractivity contribution >= 4 is 23.7 Å². The van der Waals surface area contributed by atoms with Gasteiger partial charge in [0.25, 0.3) is 0 Å². The van der Waals surface area contributed by atoms with Gasteiger partial charge in [-0.2, -0.15) is 0 Å². The minimum absolute atomic E-state index is 0.0491. The lowest BCUT2D eigenvalue weighted by Crippen LogP contribution is -2.34. The van der Waals surface area contributed by atoms with E-state index in [4.69, 9.17) is 0 Å². The minimum atomic E-state index is -0.693. The standard InChI is InChI=1S/C32H33N3O3/c1-22-12-10-11-17-25(22)29-26(31(37)23-13-6-4-7-14-23)21-34-27(20-28(36)33-18-19-35(2)3)30(29)32(38)24-15-8-5-9-16-24/h4-17,21,26,29H,18-20H2,1-3H3,(H,33,36). The zero-order valence-corrected chi connectivity index (χ0v) is 22.1. The summed E-state index contributed by atoms with van der Waals surface area (Å²) in [6.07, 6.45) is 1.57. The third kappa shape index (κ3) is 6.21. The summed E-state index contributed by atoms with van der Waals surface area (Å²) in [5, 5.41) is 2.92. The van der Waals surface area contributed by atoms with Crippen LogP contribution in [0.1, 0.15) is 44.2 Å². The largest absolute Gasteiger partial charge is 0.354 e. The number of aliphatic imine (C=N–C) groups is 1. The van der Waals surface area contributed by atoms with Crippen molar-refractivity contribution in [3.05, 3.63) is 118 Å². The third-order valence-corrected chi connectivity index (χ3v) is 6.75. The molecule has 0 bridgehead atoms. The van der Waals surface area contributed by atoms with Crippen LogP contribution in [-0.2, 0) is 4.79 Å². The normalized spacial score (nSPS) is 16.9. The van der Waals surface area contributed by atoms with E-state index in [0.29, 0.717) is 35.5 Å². The fourth-order valence-corrected chi connectivity index (χ4v) is 4.78. The van der Waals surface area contributed by atoms with Crippen molar-refractivity contribution in [3.63, 3.8) is 0 Å². The second-order valence-electron chi connectivity index (χ2n) is 9.75. The molecule has 3 aromatic carbocycles. The second-order valence-corrected chi connectivity index (χ2v) is 9.75. The number of hydrogen-bond acceptors (Lipinski definition) is 5. The number of nitrogens with one attached hydrogen (secondary N) is 1. The molecule has 1 amide bonds. The molecule has 0 fully saturated rings. The van der Waals surface area contributed by atoms with Crippen molar-refractivity contribution < 1.29 is 14.4 Å². The van der Waals surface area contributed by atoms with E-state index in [2.05, 4.69) is 10.3 Å². The lowest BCUT2D eigenvalue weighted by molar-refractivity contribution is -0.120. The number of likely N-dealkylation sites (N-methyl/N-ethyl adjacent to an activating group) is 1. The maximum atomic E-state index is 14.1. The van der Waals surface area contributed by atoms with Gasteiger partial charge in [0.15, 0.2) is 11.6 Å². The van der Waals surface area contributed by atoms with Crippen LogP contribution < -0.4 is 5.32 Å². The first-order valence-electron chi connectivity index (χ1n) is 12.8. The number of nitrogens with zero attached hydrogens (tertiary/aromatic N) is 2. The molecule has 0 saturated heterocycles. The molecule has 6 heteroatoms. The Labute approximate surface area is 224 Å². The Morgan fingerprint density at radius 1 is 0.842 bits per heavy atom. The lowest BCUT2D eigenvalue weighted by Gasteiger charge is -2.31. The van der Waals surface area contributed by atoms with Crippen LogP contribution in [0.5, 0.6) is 0 Å². The topological polar surface area (TPSA) is 78.8 Å². The zero-order chi connectivity index (χ0) is 27.1. The van der Waals surface area contributed by atoms with Crippen molar-refractivity contribution in [1.82, 2.24) is 10.2 Å². The number of carbonyl (C=O) groups excluding carboxylic acids is 3. The quantitative estimate of drug-likeness (QED) is 0.397. The van der Waals surface area contributed by atoms with E-state index >= 15 is 0 Å². The molecule has 3 aromatic rings. The van der Waals surface area contributed by atoms with E-state index < -0.39 is 11.8 Å². The van der Waals surface area contributed by atoms with Crippen LogP contribution in [0.2, 0.25) is 0 Å². The maximum Gasteiger partial charge on any atom is 0.226 e. The van der Waals surface area contributed by atoms with Crippen molar-refractivity contribution in [2.45, 2.75) is 19.3 Å². The van der Waals surface area contributed by atoms with Crippen LogP contribution >= 0.6 is 0 Å². The SMILES string of the molecule is Cc1ccccc1C1C(C(=O)c2ccccc2)=C(CC(=O)NCCN(C)C)N=CC1C(=O)c1ccccc1. The van der Waals surface area contributed by atoms with Gasteiger partial charge < -0.3 is 10.2 Å². The lowest BCUT2D eigenvalue weighted by atomic mass is 9.72. The first-order chi connectivity index (χ1) is 18.4. The molecule has 1 heterocycles. The zero-order valence-electron chi connectivity index (χ0n) is 22.1. The highest BCUT2D eigenvalue weighted by molar-refractivity contribution is 6.15. The molecule has 0 aliphatic carbocycles. The number of carbonyl (C=O) groups is 3. The molecule has 0 aromatic heterocycles. The van der Waals surface area contributed by atoms with Crippen LogP contribution in [-0.4, -0.2) is 55.8 Å². The highest BCUT2D eigenvalue weighted by Gasteiger charge is 2.40. The molecule has 0 spiro atoms.